The molecule has 1 aromatic rings. The van der Waals surface area contributed by atoms with E-state index in [4.69, 9.17) is 4.74 Å². The van der Waals surface area contributed by atoms with Crippen molar-refractivity contribution in [1.29, 1.82) is 0 Å². The number of anilines is 1. The second-order valence-electron chi connectivity index (χ2n) is 3.66. The van der Waals surface area contributed by atoms with Gasteiger partial charge in [-0.15, -0.1) is 0 Å². The van der Waals surface area contributed by atoms with E-state index in [1.165, 1.54) is 5.56 Å². The monoisotopic (exact) mass is 207 g/mol. The molecule has 0 unspecified atom stereocenters. The molecular weight excluding hydrogens is 190 g/mol. The summed E-state index contributed by atoms with van der Waals surface area (Å²) in [4.78, 5) is 10.3. The maximum Gasteiger partial charge on any atom is 0.141 e. The van der Waals surface area contributed by atoms with E-state index < -0.39 is 0 Å². The van der Waals surface area contributed by atoms with Gasteiger partial charge >= 0.3 is 0 Å². The number of hydrogen-bond acceptors (Lipinski definition) is 3. The van der Waals surface area contributed by atoms with Gasteiger partial charge in [0.2, 0.25) is 0 Å². The van der Waals surface area contributed by atoms with Gasteiger partial charge in [-0.3, -0.25) is 0 Å². The van der Waals surface area contributed by atoms with Crippen LogP contribution in [0.25, 0.3) is 0 Å². The third-order valence-corrected chi connectivity index (χ3v) is 2.27. The molecule has 0 aliphatic rings. The Hall–Kier alpha value is -1.51. The van der Waals surface area contributed by atoms with Crippen molar-refractivity contribution in [3.05, 3.63) is 23.8 Å². The average molecular weight is 207 g/mol. The minimum absolute atomic E-state index is 0.303. The zero-order valence-electron chi connectivity index (χ0n) is 9.41. The van der Waals surface area contributed by atoms with Crippen LogP contribution in [0.2, 0.25) is 0 Å². The third kappa shape index (κ3) is 2.98. The summed E-state index contributed by atoms with van der Waals surface area (Å²) >= 11 is 0. The van der Waals surface area contributed by atoms with Crippen LogP contribution in [0.4, 0.5) is 5.69 Å². The highest BCUT2D eigenvalue weighted by Gasteiger charge is 2.05. The van der Waals surface area contributed by atoms with Crippen molar-refractivity contribution in [2.24, 2.45) is 0 Å². The molecule has 15 heavy (non-hydrogen) atoms. The van der Waals surface area contributed by atoms with Crippen LogP contribution in [0.1, 0.15) is 25.3 Å². The fraction of sp³-hybridized carbons (Fsp3) is 0.417. The van der Waals surface area contributed by atoms with Crippen molar-refractivity contribution < 1.29 is 9.53 Å². The van der Waals surface area contributed by atoms with Gasteiger partial charge in [0.05, 0.1) is 19.3 Å². The smallest absolute Gasteiger partial charge is 0.141 e. The van der Waals surface area contributed by atoms with Gasteiger partial charge < -0.3 is 14.8 Å². The molecule has 0 aliphatic carbocycles. The van der Waals surface area contributed by atoms with Gasteiger partial charge in [-0.25, -0.2) is 0 Å². The quantitative estimate of drug-likeness (QED) is 0.753. The number of ether oxygens (including phenoxy) is 1. The Kier molecular flexibility index (Phi) is 4.16. The fourth-order valence-corrected chi connectivity index (χ4v) is 1.37. The molecule has 0 radical (unpaired) electrons. The van der Waals surface area contributed by atoms with Crippen molar-refractivity contribution in [2.75, 3.05) is 19.0 Å². The summed E-state index contributed by atoms with van der Waals surface area (Å²) in [6.07, 6.45) is 0.835. The summed E-state index contributed by atoms with van der Waals surface area (Å²) in [6, 6.07) is 5.98. The highest BCUT2D eigenvalue weighted by atomic mass is 16.5. The van der Waals surface area contributed by atoms with Crippen LogP contribution >= 0.6 is 0 Å². The van der Waals surface area contributed by atoms with Crippen LogP contribution in [0.15, 0.2) is 18.2 Å². The summed E-state index contributed by atoms with van der Waals surface area (Å²) in [7, 11) is 1.62. The number of nitrogens with one attached hydrogen (secondary N) is 1. The zero-order chi connectivity index (χ0) is 11.3. The van der Waals surface area contributed by atoms with E-state index in [0.717, 1.165) is 17.7 Å². The number of rotatable bonds is 5. The Balaban J connectivity index is 2.96. The molecule has 82 valence electrons. The van der Waals surface area contributed by atoms with Gasteiger partial charge in [0, 0.05) is 0 Å². The Morgan fingerprint density at radius 1 is 1.47 bits per heavy atom. The van der Waals surface area contributed by atoms with Crippen molar-refractivity contribution in [3.8, 4) is 5.75 Å². The Labute approximate surface area is 90.4 Å². The molecule has 0 atom stereocenters. The molecule has 3 nitrogen and oxygen atoms in total. The lowest BCUT2D eigenvalue weighted by molar-refractivity contribution is -0.106. The first-order valence-corrected chi connectivity index (χ1v) is 5.04. The van der Waals surface area contributed by atoms with Crippen molar-refractivity contribution in [3.63, 3.8) is 0 Å². The zero-order valence-corrected chi connectivity index (χ0v) is 9.41. The molecule has 0 spiro atoms. The number of hydrogen-bond donors (Lipinski definition) is 1. The van der Waals surface area contributed by atoms with Crippen LogP contribution in [0, 0.1) is 0 Å². The van der Waals surface area contributed by atoms with Gasteiger partial charge in [0.15, 0.2) is 0 Å². The molecule has 1 rings (SSSR count). The largest absolute Gasteiger partial charge is 0.495 e. The Morgan fingerprint density at radius 3 is 2.73 bits per heavy atom. The van der Waals surface area contributed by atoms with Gasteiger partial charge in [-0.05, 0) is 23.6 Å². The summed E-state index contributed by atoms with van der Waals surface area (Å²) in [5.41, 5.74) is 2.10. The van der Waals surface area contributed by atoms with Crippen molar-refractivity contribution >= 4 is 12.0 Å². The van der Waals surface area contributed by atoms with Crippen LogP contribution in [0.5, 0.6) is 5.75 Å². The van der Waals surface area contributed by atoms with Gasteiger partial charge in [-0.2, -0.15) is 0 Å². The third-order valence-electron chi connectivity index (χ3n) is 2.27. The molecular formula is C12H17NO2. The van der Waals surface area contributed by atoms with E-state index in [1.54, 1.807) is 7.11 Å². The number of carbonyl (C=O) groups is 1. The number of benzene rings is 1. The first kappa shape index (κ1) is 11.6. The standard InChI is InChI=1S/C12H17NO2/c1-9(2)10-4-5-12(15-3)11(8-10)13-6-7-14/h4-5,7-9,13H,6H2,1-3H3. The molecule has 0 bridgehead atoms. The second kappa shape index (κ2) is 5.39. The predicted molar refractivity (Wildman–Crippen MR) is 61.6 cm³/mol. The van der Waals surface area contributed by atoms with Crippen LogP contribution in [-0.2, 0) is 4.79 Å². The van der Waals surface area contributed by atoms with E-state index in [9.17, 15) is 4.79 Å². The molecule has 0 heterocycles. The molecule has 0 saturated carbocycles. The summed E-state index contributed by atoms with van der Waals surface area (Å²) in [5, 5.41) is 3.02. The Morgan fingerprint density at radius 2 is 2.20 bits per heavy atom. The topological polar surface area (TPSA) is 38.3 Å². The first-order chi connectivity index (χ1) is 7.19. The number of carbonyl (C=O) groups excluding carboxylic acids is 1. The molecule has 1 aromatic carbocycles. The Bertz CT molecular complexity index is 334. The maximum absolute atomic E-state index is 10.3. The summed E-state index contributed by atoms with van der Waals surface area (Å²) in [6.45, 7) is 4.56. The van der Waals surface area contributed by atoms with Gasteiger partial charge in [-0.1, -0.05) is 19.9 Å². The fourth-order valence-electron chi connectivity index (χ4n) is 1.37. The van der Waals surface area contributed by atoms with E-state index in [2.05, 4.69) is 19.2 Å². The first-order valence-electron chi connectivity index (χ1n) is 5.04. The minimum atomic E-state index is 0.303. The second-order valence-corrected chi connectivity index (χ2v) is 3.66. The van der Waals surface area contributed by atoms with Gasteiger partial charge in [0.1, 0.15) is 12.0 Å². The lowest BCUT2D eigenvalue weighted by atomic mass is 10.0. The minimum Gasteiger partial charge on any atom is -0.495 e. The van der Waals surface area contributed by atoms with E-state index >= 15 is 0 Å². The van der Waals surface area contributed by atoms with E-state index in [1.807, 2.05) is 18.2 Å². The van der Waals surface area contributed by atoms with Crippen molar-refractivity contribution in [1.82, 2.24) is 0 Å². The highest BCUT2D eigenvalue weighted by molar-refractivity contribution is 5.64. The van der Waals surface area contributed by atoms with E-state index in [0.29, 0.717) is 12.5 Å². The van der Waals surface area contributed by atoms with Crippen LogP contribution in [-0.4, -0.2) is 19.9 Å². The lowest BCUT2D eigenvalue weighted by Crippen LogP contribution is -2.04. The summed E-state index contributed by atoms with van der Waals surface area (Å²) in [5.74, 6) is 1.23. The predicted octanol–water partition coefficient (Wildman–Crippen LogP) is 2.43. The molecule has 1 N–H and O–H groups in total. The van der Waals surface area contributed by atoms with Crippen LogP contribution < -0.4 is 10.1 Å². The molecule has 0 amide bonds. The maximum atomic E-state index is 10.3. The van der Waals surface area contributed by atoms with Crippen LogP contribution in [0.3, 0.4) is 0 Å². The van der Waals surface area contributed by atoms with E-state index in [-0.39, 0.29) is 0 Å². The van der Waals surface area contributed by atoms with Gasteiger partial charge in [0.25, 0.3) is 0 Å². The molecule has 0 saturated heterocycles. The highest BCUT2D eigenvalue weighted by Crippen LogP contribution is 2.28. The normalized spacial score (nSPS) is 10.1. The number of methoxy groups -OCH3 is 1. The SMILES string of the molecule is COc1ccc(C(C)C)cc1NCC=O. The molecule has 0 aromatic heterocycles. The molecule has 0 fully saturated rings. The average Bonchev–Trinajstić information content (AvgIpc) is 2.25. The number of aldehydes is 1. The molecule has 0 aliphatic heterocycles. The van der Waals surface area contributed by atoms with Crippen molar-refractivity contribution in [2.45, 2.75) is 19.8 Å². The lowest BCUT2D eigenvalue weighted by Gasteiger charge is -2.13. The molecule has 3 heteroatoms. The summed E-state index contributed by atoms with van der Waals surface area (Å²) < 4.78 is 5.20.